The molecule has 0 bridgehead atoms. The zero-order valence-electron chi connectivity index (χ0n) is 9.54. The van der Waals surface area contributed by atoms with E-state index in [0.717, 1.165) is 25.7 Å². The van der Waals surface area contributed by atoms with Crippen molar-refractivity contribution >= 4 is 5.97 Å². The van der Waals surface area contributed by atoms with Gasteiger partial charge in [-0.15, -0.1) is 4.91 Å². The van der Waals surface area contributed by atoms with Crippen LogP contribution in [0.5, 0.6) is 0 Å². The summed E-state index contributed by atoms with van der Waals surface area (Å²) in [5.74, 6) is -0.530. The number of benzene rings is 1. The second kappa shape index (κ2) is 5.57. The average molecular weight is 233 g/mol. The van der Waals surface area contributed by atoms with Crippen LogP contribution in [0.1, 0.15) is 37.3 Å². The first-order valence-corrected chi connectivity index (χ1v) is 5.89. The van der Waals surface area contributed by atoms with E-state index < -0.39 is 12.0 Å². The Labute approximate surface area is 99.9 Å². The van der Waals surface area contributed by atoms with Gasteiger partial charge in [0.1, 0.15) is 6.10 Å². The maximum atomic E-state index is 11.8. The summed E-state index contributed by atoms with van der Waals surface area (Å²) in [5, 5.41) is 2.88. The summed E-state index contributed by atoms with van der Waals surface area (Å²) in [6.45, 7) is 0. The van der Waals surface area contributed by atoms with E-state index >= 15 is 0 Å². The van der Waals surface area contributed by atoms with Crippen LogP contribution < -0.4 is 0 Å². The number of nitroso groups, excluding NO2 is 1. The van der Waals surface area contributed by atoms with Crippen molar-refractivity contribution in [3.8, 4) is 0 Å². The molecular weight excluding hydrogens is 218 g/mol. The predicted octanol–water partition coefficient (Wildman–Crippen LogP) is 2.98. The van der Waals surface area contributed by atoms with E-state index in [9.17, 15) is 9.70 Å². The summed E-state index contributed by atoms with van der Waals surface area (Å²) < 4.78 is 5.29. The Bertz CT molecular complexity index is 385. The molecule has 1 aliphatic carbocycles. The maximum absolute atomic E-state index is 11.8. The molecule has 0 aromatic heterocycles. The van der Waals surface area contributed by atoms with Gasteiger partial charge in [-0.25, -0.2) is 4.79 Å². The lowest BCUT2D eigenvalue weighted by molar-refractivity contribution is -0.150. The normalized spacial score (nSPS) is 17.6. The fourth-order valence-corrected chi connectivity index (χ4v) is 2.11. The lowest BCUT2D eigenvalue weighted by Crippen LogP contribution is -2.20. The molecule has 4 heteroatoms. The number of carbonyl (C=O) groups is 1. The standard InChI is InChI=1S/C13H15NO3/c15-13(17-11-8-4-5-9-11)12(14-16)10-6-2-1-3-7-10/h1-3,6-7,11-12H,4-5,8-9H2/t12-/m0/s1. The van der Waals surface area contributed by atoms with Crippen molar-refractivity contribution in [3.63, 3.8) is 0 Å². The van der Waals surface area contributed by atoms with Crippen molar-refractivity contribution in [1.82, 2.24) is 0 Å². The Morgan fingerprint density at radius 2 is 1.88 bits per heavy atom. The van der Waals surface area contributed by atoms with Crippen LogP contribution in [0.2, 0.25) is 0 Å². The molecule has 1 saturated carbocycles. The van der Waals surface area contributed by atoms with Crippen molar-refractivity contribution < 1.29 is 9.53 Å². The molecule has 0 amide bonds. The Morgan fingerprint density at radius 3 is 2.47 bits per heavy atom. The van der Waals surface area contributed by atoms with E-state index in [1.165, 1.54) is 0 Å². The molecule has 0 spiro atoms. The Morgan fingerprint density at radius 1 is 1.24 bits per heavy atom. The van der Waals surface area contributed by atoms with E-state index in [0.29, 0.717) is 5.56 Å². The Hall–Kier alpha value is -1.71. The van der Waals surface area contributed by atoms with Crippen molar-refractivity contribution in [3.05, 3.63) is 40.8 Å². The number of nitrogens with zero attached hydrogens (tertiary/aromatic N) is 1. The molecule has 2 rings (SSSR count). The van der Waals surface area contributed by atoms with E-state index in [-0.39, 0.29) is 6.10 Å². The van der Waals surface area contributed by atoms with Crippen LogP contribution in [-0.2, 0) is 9.53 Å². The minimum absolute atomic E-state index is 0.0320. The SMILES string of the molecule is O=N[C@H](C(=O)OC1CCCC1)c1ccccc1. The molecule has 1 aromatic carbocycles. The van der Waals surface area contributed by atoms with Gasteiger partial charge in [0.15, 0.2) is 0 Å². The van der Waals surface area contributed by atoms with Crippen LogP contribution in [-0.4, -0.2) is 12.1 Å². The molecule has 90 valence electrons. The first-order chi connectivity index (χ1) is 8.31. The molecule has 1 aromatic rings. The molecule has 0 N–H and O–H groups in total. The number of ether oxygens (including phenoxy) is 1. The van der Waals surface area contributed by atoms with E-state index in [1.54, 1.807) is 24.3 Å². The smallest absolute Gasteiger partial charge is 0.339 e. The van der Waals surface area contributed by atoms with Gasteiger partial charge in [0, 0.05) is 0 Å². The van der Waals surface area contributed by atoms with Crippen molar-refractivity contribution in [2.24, 2.45) is 5.18 Å². The Kier molecular flexibility index (Phi) is 3.85. The van der Waals surface area contributed by atoms with Crippen LogP contribution in [0.25, 0.3) is 0 Å². The minimum Gasteiger partial charge on any atom is -0.460 e. The van der Waals surface area contributed by atoms with Crippen molar-refractivity contribution in [1.29, 1.82) is 0 Å². The highest BCUT2D eigenvalue weighted by Crippen LogP contribution is 2.25. The number of hydrogen-bond acceptors (Lipinski definition) is 4. The molecule has 0 heterocycles. The molecule has 1 atom stereocenters. The Balaban J connectivity index is 2.02. The molecule has 0 radical (unpaired) electrons. The lowest BCUT2D eigenvalue weighted by Gasteiger charge is -2.14. The number of carbonyl (C=O) groups excluding carboxylic acids is 1. The largest absolute Gasteiger partial charge is 0.460 e. The summed E-state index contributed by atoms with van der Waals surface area (Å²) in [7, 11) is 0. The van der Waals surface area contributed by atoms with Gasteiger partial charge in [-0.3, -0.25) is 0 Å². The number of esters is 1. The van der Waals surface area contributed by atoms with Crippen molar-refractivity contribution in [2.75, 3.05) is 0 Å². The van der Waals surface area contributed by atoms with Gasteiger partial charge in [-0.1, -0.05) is 30.3 Å². The minimum atomic E-state index is -1.03. The lowest BCUT2D eigenvalue weighted by atomic mass is 10.1. The monoisotopic (exact) mass is 233 g/mol. The molecule has 0 unspecified atom stereocenters. The number of hydrogen-bond donors (Lipinski definition) is 0. The summed E-state index contributed by atoms with van der Waals surface area (Å²) >= 11 is 0. The van der Waals surface area contributed by atoms with Gasteiger partial charge < -0.3 is 4.74 Å². The molecule has 4 nitrogen and oxygen atoms in total. The first kappa shape index (κ1) is 11.8. The van der Waals surface area contributed by atoms with Gasteiger partial charge in [0.2, 0.25) is 6.04 Å². The van der Waals surface area contributed by atoms with Gasteiger partial charge in [0.25, 0.3) is 0 Å². The van der Waals surface area contributed by atoms with E-state index in [4.69, 9.17) is 4.74 Å². The van der Waals surface area contributed by atoms with Crippen LogP contribution in [0.15, 0.2) is 35.5 Å². The van der Waals surface area contributed by atoms with Crippen LogP contribution in [0, 0.1) is 4.91 Å². The zero-order valence-corrected chi connectivity index (χ0v) is 9.54. The topological polar surface area (TPSA) is 55.7 Å². The maximum Gasteiger partial charge on any atom is 0.339 e. The third kappa shape index (κ3) is 2.90. The molecule has 17 heavy (non-hydrogen) atoms. The third-order valence-corrected chi connectivity index (χ3v) is 3.03. The molecule has 0 aliphatic heterocycles. The molecule has 1 aliphatic rings. The van der Waals surface area contributed by atoms with Gasteiger partial charge in [0.05, 0.1) is 0 Å². The summed E-state index contributed by atoms with van der Waals surface area (Å²) in [5.41, 5.74) is 0.588. The fourth-order valence-electron chi connectivity index (χ4n) is 2.11. The average Bonchev–Trinajstić information content (AvgIpc) is 2.84. The fraction of sp³-hybridized carbons (Fsp3) is 0.462. The summed E-state index contributed by atoms with van der Waals surface area (Å²) in [6, 6.07) is 7.77. The van der Waals surface area contributed by atoms with E-state index in [1.807, 2.05) is 6.07 Å². The van der Waals surface area contributed by atoms with Crippen LogP contribution in [0.4, 0.5) is 0 Å². The summed E-state index contributed by atoms with van der Waals surface area (Å²) in [6.07, 6.45) is 3.93. The predicted molar refractivity (Wildman–Crippen MR) is 63.3 cm³/mol. The van der Waals surface area contributed by atoms with E-state index in [2.05, 4.69) is 5.18 Å². The highest BCUT2D eigenvalue weighted by molar-refractivity contribution is 5.78. The van der Waals surface area contributed by atoms with Gasteiger partial charge in [-0.2, -0.15) is 0 Å². The second-order valence-corrected chi connectivity index (χ2v) is 4.26. The summed E-state index contributed by atoms with van der Waals surface area (Å²) in [4.78, 5) is 22.6. The molecule has 1 fully saturated rings. The highest BCUT2D eigenvalue weighted by Gasteiger charge is 2.27. The first-order valence-electron chi connectivity index (χ1n) is 5.89. The molecule has 0 saturated heterocycles. The van der Waals surface area contributed by atoms with Crippen LogP contribution in [0.3, 0.4) is 0 Å². The zero-order chi connectivity index (χ0) is 12.1. The third-order valence-electron chi connectivity index (χ3n) is 3.03. The van der Waals surface area contributed by atoms with Crippen molar-refractivity contribution in [2.45, 2.75) is 37.8 Å². The highest BCUT2D eigenvalue weighted by atomic mass is 16.5. The van der Waals surface area contributed by atoms with Crippen LogP contribution >= 0.6 is 0 Å². The second-order valence-electron chi connectivity index (χ2n) is 4.26. The van der Waals surface area contributed by atoms with Gasteiger partial charge >= 0.3 is 5.97 Å². The number of rotatable bonds is 4. The molecular formula is C13H15NO3. The van der Waals surface area contributed by atoms with Gasteiger partial charge in [-0.05, 0) is 36.4 Å². The quantitative estimate of drug-likeness (QED) is 0.593.